The highest BCUT2D eigenvalue weighted by atomic mass is 16.5. The highest BCUT2D eigenvalue weighted by Gasteiger charge is 2.16. The van der Waals surface area contributed by atoms with Crippen LogP contribution >= 0.6 is 0 Å². The number of amides is 1. The fourth-order valence-corrected chi connectivity index (χ4v) is 2.72. The molecule has 28 heavy (non-hydrogen) atoms. The Labute approximate surface area is 162 Å². The van der Waals surface area contributed by atoms with Gasteiger partial charge in [-0.15, -0.1) is 0 Å². The Morgan fingerprint density at radius 2 is 1.79 bits per heavy atom. The van der Waals surface area contributed by atoms with Gasteiger partial charge < -0.3 is 14.8 Å². The van der Waals surface area contributed by atoms with Crippen LogP contribution in [0.15, 0.2) is 54.9 Å². The van der Waals surface area contributed by atoms with Gasteiger partial charge in [0.05, 0.1) is 25.5 Å². The quantitative estimate of drug-likeness (QED) is 0.386. The van der Waals surface area contributed by atoms with Crippen molar-refractivity contribution >= 4 is 17.4 Å². The van der Waals surface area contributed by atoms with E-state index in [0.717, 1.165) is 16.3 Å². The molecular weight excluding hydrogens is 358 g/mol. The number of para-hydroxylation sites is 1. The molecule has 0 atom stereocenters. The average Bonchev–Trinajstić information content (AvgIpc) is 2.73. The van der Waals surface area contributed by atoms with Crippen molar-refractivity contribution in [1.29, 1.82) is 0 Å². The summed E-state index contributed by atoms with van der Waals surface area (Å²) in [6, 6.07) is 14.6. The number of nitrogens with zero attached hydrogens (tertiary/aromatic N) is 3. The van der Waals surface area contributed by atoms with Crippen LogP contribution in [-0.2, 0) is 0 Å². The number of hydrogen-bond donors (Lipinski definition) is 2. The van der Waals surface area contributed by atoms with E-state index in [1.165, 1.54) is 20.5 Å². The van der Waals surface area contributed by atoms with Crippen molar-refractivity contribution < 1.29 is 14.3 Å². The van der Waals surface area contributed by atoms with E-state index in [4.69, 9.17) is 15.3 Å². The Bertz CT molecular complexity index is 991. The molecular formula is C20H21N5O3. The maximum atomic E-state index is 12.3. The number of rotatable bonds is 6. The van der Waals surface area contributed by atoms with Gasteiger partial charge in [-0.2, -0.15) is 0 Å². The molecule has 3 aromatic rings. The Balaban J connectivity index is 1.92. The Kier molecular flexibility index (Phi) is 5.71. The molecule has 0 spiro atoms. The van der Waals surface area contributed by atoms with Crippen molar-refractivity contribution in [2.24, 2.45) is 5.84 Å². The van der Waals surface area contributed by atoms with Crippen LogP contribution in [0.3, 0.4) is 0 Å². The Morgan fingerprint density at radius 3 is 2.50 bits per heavy atom. The van der Waals surface area contributed by atoms with E-state index in [0.29, 0.717) is 28.5 Å². The predicted molar refractivity (Wildman–Crippen MR) is 107 cm³/mol. The zero-order valence-corrected chi connectivity index (χ0v) is 15.8. The number of aromatic nitrogens is 2. The number of carbonyl (C=O) groups is 1. The van der Waals surface area contributed by atoms with Crippen LogP contribution < -0.4 is 20.6 Å². The van der Waals surface area contributed by atoms with Crippen LogP contribution in [0.5, 0.6) is 11.5 Å². The number of ether oxygens (including phenoxy) is 2. The molecule has 1 amide bonds. The first-order chi connectivity index (χ1) is 13.5. The fraction of sp³-hybridized carbons (Fsp3) is 0.150. The summed E-state index contributed by atoms with van der Waals surface area (Å²) in [4.78, 5) is 20.9. The van der Waals surface area contributed by atoms with Gasteiger partial charge in [-0.1, -0.05) is 12.1 Å². The van der Waals surface area contributed by atoms with Crippen molar-refractivity contribution in [2.45, 2.75) is 0 Å². The van der Waals surface area contributed by atoms with Crippen molar-refractivity contribution in [3.05, 3.63) is 60.4 Å². The average molecular weight is 379 g/mol. The third-order valence-electron chi connectivity index (χ3n) is 4.07. The lowest BCUT2D eigenvalue weighted by atomic mass is 10.1. The molecule has 2 aromatic carbocycles. The Morgan fingerprint density at radius 1 is 1.04 bits per heavy atom. The topological polar surface area (TPSA) is 103 Å². The molecule has 3 rings (SSSR count). The lowest BCUT2D eigenvalue weighted by Gasteiger charge is -2.15. The molecule has 0 aliphatic carbocycles. The van der Waals surface area contributed by atoms with Gasteiger partial charge in [-0.3, -0.25) is 9.80 Å². The number of benzene rings is 2. The second kappa shape index (κ2) is 8.36. The third kappa shape index (κ3) is 4.02. The summed E-state index contributed by atoms with van der Waals surface area (Å²) in [6.07, 6.45) is 1.47. The van der Waals surface area contributed by atoms with Gasteiger partial charge in [0.2, 0.25) is 0 Å². The van der Waals surface area contributed by atoms with E-state index in [1.54, 1.807) is 31.4 Å². The molecule has 0 fully saturated rings. The molecule has 8 heteroatoms. The minimum absolute atomic E-state index is 0.344. The molecule has 3 N–H and O–H groups in total. The van der Waals surface area contributed by atoms with E-state index < -0.39 is 0 Å². The number of carbonyl (C=O) groups excluding carboxylic acids is 1. The van der Waals surface area contributed by atoms with Crippen LogP contribution in [-0.4, -0.2) is 42.2 Å². The molecule has 0 radical (unpaired) electrons. The smallest absolute Gasteiger partial charge is 0.271 e. The van der Waals surface area contributed by atoms with Crippen LogP contribution in [0.25, 0.3) is 11.3 Å². The van der Waals surface area contributed by atoms with Crippen LogP contribution in [0.4, 0.5) is 11.5 Å². The summed E-state index contributed by atoms with van der Waals surface area (Å²) >= 11 is 0. The van der Waals surface area contributed by atoms with Gasteiger partial charge in [0.25, 0.3) is 5.91 Å². The molecule has 0 saturated heterocycles. The van der Waals surface area contributed by atoms with Crippen molar-refractivity contribution in [1.82, 2.24) is 15.0 Å². The van der Waals surface area contributed by atoms with E-state index in [2.05, 4.69) is 15.3 Å². The highest BCUT2D eigenvalue weighted by Crippen LogP contribution is 2.30. The van der Waals surface area contributed by atoms with Crippen molar-refractivity contribution in [2.75, 3.05) is 26.6 Å². The molecule has 0 bridgehead atoms. The fourth-order valence-electron chi connectivity index (χ4n) is 2.72. The second-order valence-corrected chi connectivity index (χ2v) is 5.94. The van der Waals surface area contributed by atoms with Gasteiger partial charge in [-0.25, -0.2) is 15.8 Å². The summed E-state index contributed by atoms with van der Waals surface area (Å²) < 4.78 is 10.7. The van der Waals surface area contributed by atoms with Crippen LogP contribution in [0.1, 0.15) is 10.4 Å². The molecule has 8 nitrogen and oxygen atoms in total. The zero-order valence-electron chi connectivity index (χ0n) is 15.8. The SMILES string of the molecule is COc1ccc(Nc2cc(-c3ccccc3OC)ncn2)cc1C(=O)N(C)N. The van der Waals surface area contributed by atoms with Gasteiger partial charge in [0, 0.05) is 24.4 Å². The number of anilines is 2. The maximum Gasteiger partial charge on any atom is 0.271 e. The first-order valence-electron chi connectivity index (χ1n) is 8.46. The summed E-state index contributed by atoms with van der Waals surface area (Å²) in [5.74, 6) is 6.94. The number of hydrogen-bond acceptors (Lipinski definition) is 7. The van der Waals surface area contributed by atoms with Gasteiger partial charge in [0.1, 0.15) is 23.6 Å². The number of methoxy groups -OCH3 is 2. The lowest BCUT2D eigenvalue weighted by molar-refractivity contribution is 0.0792. The number of nitrogens with two attached hydrogens (primary N) is 1. The number of hydrazine groups is 1. The summed E-state index contributed by atoms with van der Waals surface area (Å²) in [5, 5.41) is 4.18. The predicted octanol–water partition coefficient (Wildman–Crippen LogP) is 2.85. The summed E-state index contributed by atoms with van der Waals surface area (Å²) in [7, 11) is 4.59. The largest absolute Gasteiger partial charge is 0.496 e. The van der Waals surface area contributed by atoms with Crippen molar-refractivity contribution in [3.63, 3.8) is 0 Å². The molecule has 0 saturated carbocycles. The van der Waals surface area contributed by atoms with Gasteiger partial charge in [-0.05, 0) is 30.3 Å². The third-order valence-corrected chi connectivity index (χ3v) is 4.07. The van der Waals surface area contributed by atoms with Crippen LogP contribution in [0.2, 0.25) is 0 Å². The highest BCUT2D eigenvalue weighted by molar-refractivity contribution is 5.97. The number of nitrogens with one attached hydrogen (secondary N) is 1. The van der Waals surface area contributed by atoms with E-state index >= 15 is 0 Å². The standard InChI is InChI=1S/C20H21N5O3/c1-25(21)20(26)15-10-13(8-9-18(15)28-3)24-19-11-16(22-12-23-19)14-6-4-5-7-17(14)27-2/h4-12H,21H2,1-3H3,(H,22,23,24). The van der Waals surface area contributed by atoms with E-state index in [9.17, 15) is 4.79 Å². The minimum atomic E-state index is -0.363. The first kappa shape index (κ1) is 19.1. The molecule has 0 unspecified atom stereocenters. The molecule has 0 aliphatic rings. The monoisotopic (exact) mass is 379 g/mol. The second-order valence-electron chi connectivity index (χ2n) is 5.94. The lowest BCUT2D eigenvalue weighted by Crippen LogP contribution is -2.33. The molecule has 1 aromatic heterocycles. The van der Waals surface area contributed by atoms with Crippen LogP contribution in [0, 0.1) is 0 Å². The zero-order chi connectivity index (χ0) is 20.1. The first-order valence-corrected chi connectivity index (χ1v) is 8.46. The van der Waals surface area contributed by atoms with Gasteiger partial charge >= 0.3 is 0 Å². The van der Waals surface area contributed by atoms with E-state index in [1.807, 2.05) is 24.3 Å². The van der Waals surface area contributed by atoms with E-state index in [-0.39, 0.29) is 5.91 Å². The maximum absolute atomic E-state index is 12.3. The summed E-state index contributed by atoms with van der Waals surface area (Å²) in [5.41, 5.74) is 2.57. The molecule has 1 heterocycles. The summed E-state index contributed by atoms with van der Waals surface area (Å²) in [6.45, 7) is 0. The normalized spacial score (nSPS) is 10.3. The Hall–Kier alpha value is -3.65. The van der Waals surface area contributed by atoms with Gasteiger partial charge in [0.15, 0.2) is 0 Å². The van der Waals surface area contributed by atoms with Crippen molar-refractivity contribution in [3.8, 4) is 22.8 Å². The minimum Gasteiger partial charge on any atom is -0.496 e. The molecule has 0 aliphatic heterocycles. The molecule has 144 valence electrons.